The van der Waals surface area contributed by atoms with Gasteiger partial charge in [0.2, 0.25) is 17.7 Å². The van der Waals surface area contributed by atoms with Crippen molar-refractivity contribution in [2.24, 2.45) is 11.8 Å². The van der Waals surface area contributed by atoms with E-state index in [1.54, 1.807) is 23.8 Å². The molecule has 0 aromatic heterocycles. The summed E-state index contributed by atoms with van der Waals surface area (Å²) in [5.74, 6) is -0.808. The van der Waals surface area contributed by atoms with Crippen LogP contribution in [0.1, 0.15) is 98.8 Å². The predicted molar refractivity (Wildman–Crippen MR) is 160 cm³/mol. The SMILES string of the molecule is CC(=C[C@H](C(C)C)N(C)C(=O)[C@@H](NC(=O)C1CCCCN1C)C(C)C)C(=O)N1CCC[C@H]1C(=O)OC1CCCCC1. The highest BCUT2D eigenvalue weighted by molar-refractivity contribution is 5.96. The van der Waals surface area contributed by atoms with E-state index in [2.05, 4.69) is 10.2 Å². The Bertz CT molecular complexity index is 958. The van der Waals surface area contributed by atoms with E-state index in [-0.39, 0.29) is 53.7 Å². The second-order valence-electron chi connectivity index (χ2n) is 13.1. The molecule has 9 nitrogen and oxygen atoms in total. The summed E-state index contributed by atoms with van der Waals surface area (Å²) >= 11 is 0. The molecule has 1 saturated carbocycles. The summed E-state index contributed by atoms with van der Waals surface area (Å²) in [6, 6.07) is -1.78. The Balaban J connectivity index is 1.70. The molecule has 0 bridgehead atoms. The van der Waals surface area contributed by atoms with Crippen LogP contribution in [0.2, 0.25) is 0 Å². The minimum absolute atomic E-state index is 0.0327. The highest BCUT2D eigenvalue weighted by atomic mass is 16.5. The van der Waals surface area contributed by atoms with E-state index < -0.39 is 12.1 Å². The number of carbonyl (C=O) groups excluding carboxylic acids is 4. The van der Waals surface area contributed by atoms with E-state index >= 15 is 0 Å². The summed E-state index contributed by atoms with van der Waals surface area (Å²) in [6.45, 7) is 11.1. The summed E-state index contributed by atoms with van der Waals surface area (Å²) < 4.78 is 5.81. The summed E-state index contributed by atoms with van der Waals surface area (Å²) in [7, 11) is 3.71. The van der Waals surface area contributed by atoms with Crippen LogP contribution in [0.15, 0.2) is 11.6 Å². The molecule has 3 fully saturated rings. The zero-order valence-corrected chi connectivity index (χ0v) is 26.5. The molecule has 0 radical (unpaired) electrons. The Morgan fingerprint density at radius 2 is 1.49 bits per heavy atom. The monoisotopic (exact) mass is 574 g/mol. The number of hydrogen-bond donors (Lipinski definition) is 1. The molecule has 1 N–H and O–H groups in total. The minimum Gasteiger partial charge on any atom is -0.461 e. The van der Waals surface area contributed by atoms with Crippen LogP contribution in [-0.4, -0.2) is 95.8 Å². The van der Waals surface area contributed by atoms with Gasteiger partial charge in [-0.1, -0.05) is 46.6 Å². The lowest BCUT2D eigenvalue weighted by Crippen LogP contribution is -2.57. The van der Waals surface area contributed by atoms with Crippen molar-refractivity contribution in [1.82, 2.24) is 20.0 Å². The molecule has 2 aliphatic heterocycles. The smallest absolute Gasteiger partial charge is 0.329 e. The van der Waals surface area contributed by atoms with Gasteiger partial charge in [-0.25, -0.2) is 4.79 Å². The van der Waals surface area contributed by atoms with Crippen LogP contribution in [0.3, 0.4) is 0 Å². The molecule has 3 amide bonds. The van der Waals surface area contributed by atoms with Crippen molar-refractivity contribution < 1.29 is 23.9 Å². The van der Waals surface area contributed by atoms with E-state index in [1.165, 1.54) is 6.42 Å². The third-order valence-corrected chi connectivity index (χ3v) is 9.16. The molecule has 9 heteroatoms. The number of piperidine rings is 1. The van der Waals surface area contributed by atoms with Gasteiger partial charge in [0.05, 0.1) is 12.1 Å². The van der Waals surface area contributed by atoms with Gasteiger partial charge in [0.15, 0.2) is 0 Å². The molecule has 2 heterocycles. The van der Waals surface area contributed by atoms with Crippen molar-refractivity contribution >= 4 is 23.7 Å². The number of ether oxygens (including phenoxy) is 1. The largest absolute Gasteiger partial charge is 0.461 e. The van der Waals surface area contributed by atoms with Crippen LogP contribution in [0, 0.1) is 11.8 Å². The number of nitrogens with one attached hydrogen (secondary N) is 1. The van der Waals surface area contributed by atoms with Gasteiger partial charge in [-0.2, -0.15) is 0 Å². The second kappa shape index (κ2) is 15.2. The number of likely N-dealkylation sites (tertiary alicyclic amines) is 2. The summed E-state index contributed by atoms with van der Waals surface area (Å²) in [5, 5.41) is 3.04. The lowest BCUT2D eigenvalue weighted by atomic mass is 9.96. The quantitative estimate of drug-likeness (QED) is 0.314. The first-order chi connectivity index (χ1) is 19.4. The molecule has 0 aromatic carbocycles. The first-order valence-electron chi connectivity index (χ1n) is 15.9. The molecular formula is C32H54N4O5. The Labute approximate surface area is 247 Å². The average molecular weight is 575 g/mol. The standard InChI is InChI=1S/C32H54N4O5/c1-21(2)27(35(7)31(39)28(22(3)4)33-29(37)25-16-11-12-18-34(25)6)20-23(5)30(38)36-19-13-17-26(36)32(40)41-24-14-9-8-10-15-24/h20-22,24-28H,8-19H2,1-7H3,(H,33,37)/t25?,26-,27+,28-/m0/s1. The van der Waals surface area contributed by atoms with Crippen LogP contribution in [-0.2, 0) is 23.9 Å². The molecule has 4 atom stereocenters. The zero-order chi connectivity index (χ0) is 30.3. The topological polar surface area (TPSA) is 99.3 Å². The maximum atomic E-state index is 13.8. The molecule has 41 heavy (non-hydrogen) atoms. The first kappa shape index (κ1) is 33.1. The molecule has 3 rings (SSSR count). The van der Waals surface area contributed by atoms with Crippen LogP contribution in [0.25, 0.3) is 0 Å². The van der Waals surface area contributed by atoms with Gasteiger partial charge in [-0.3, -0.25) is 19.3 Å². The normalized spacial score (nSPS) is 24.3. The predicted octanol–water partition coefficient (Wildman–Crippen LogP) is 3.91. The third kappa shape index (κ3) is 8.55. The van der Waals surface area contributed by atoms with Gasteiger partial charge in [0, 0.05) is 19.2 Å². The lowest BCUT2D eigenvalue weighted by Gasteiger charge is -2.36. The number of amides is 3. The number of esters is 1. The van der Waals surface area contributed by atoms with Gasteiger partial charge in [0.25, 0.3) is 0 Å². The van der Waals surface area contributed by atoms with Gasteiger partial charge < -0.3 is 19.9 Å². The van der Waals surface area contributed by atoms with E-state index in [9.17, 15) is 19.2 Å². The van der Waals surface area contributed by atoms with Crippen molar-refractivity contribution in [2.75, 3.05) is 27.2 Å². The summed E-state index contributed by atoms with van der Waals surface area (Å²) in [5.41, 5.74) is 0.509. The number of rotatable bonds is 10. The zero-order valence-electron chi connectivity index (χ0n) is 26.5. The van der Waals surface area contributed by atoms with Crippen molar-refractivity contribution in [1.29, 1.82) is 0 Å². The first-order valence-corrected chi connectivity index (χ1v) is 15.9. The van der Waals surface area contributed by atoms with Gasteiger partial charge in [0.1, 0.15) is 18.2 Å². The number of carbonyl (C=O) groups is 4. The fraction of sp³-hybridized carbons (Fsp3) is 0.812. The van der Waals surface area contributed by atoms with Crippen LogP contribution >= 0.6 is 0 Å². The van der Waals surface area contributed by atoms with E-state index in [1.807, 2.05) is 40.8 Å². The van der Waals surface area contributed by atoms with Crippen molar-refractivity contribution in [3.05, 3.63) is 11.6 Å². The van der Waals surface area contributed by atoms with E-state index in [0.717, 1.165) is 57.9 Å². The van der Waals surface area contributed by atoms with Gasteiger partial charge >= 0.3 is 5.97 Å². The molecular weight excluding hydrogens is 520 g/mol. The van der Waals surface area contributed by atoms with Gasteiger partial charge in [-0.05, 0) is 83.7 Å². The second-order valence-corrected chi connectivity index (χ2v) is 13.1. The highest BCUT2D eigenvalue weighted by Gasteiger charge is 2.38. The maximum absolute atomic E-state index is 13.8. The molecule has 1 aliphatic carbocycles. The van der Waals surface area contributed by atoms with Crippen molar-refractivity contribution in [3.8, 4) is 0 Å². The fourth-order valence-corrected chi connectivity index (χ4v) is 6.52. The van der Waals surface area contributed by atoms with E-state index in [0.29, 0.717) is 18.5 Å². The third-order valence-electron chi connectivity index (χ3n) is 9.16. The van der Waals surface area contributed by atoms with E-state index in [4.69, 9.17) is 4.74 Å². The van der Waals surface area contributed by atoms with Crippen LogP contribution < -0.4 is 5.32 Å². The number of hydrogen-bond acceptors (Lipinski definition) is 6. The Morgan fingerprint density at radius 3 is 2.10 bits per heavy atom. The van der Waals surface area contributed by atoms with Gasteiger partial charge in [-0.15, -0.1) is 0 Å². The molecule has 0 aromatic rings. The lowest BCUT2D eigenvalue weighted by molar-refractivity contribution is -0.158. The number of nitrogens with zero attached hydrogens (tertiary/aromatic N) is 3. The highest BCUT2D eigenvalue weighted by Crippen LogP contribution is 2.26. The average Bonchev–Trinajstić information content (AvgIpc) is 3.44. The number of likely N-dealkylation sites (N-methyl/N-ethyl adjacent to an activating group) is 2. The van der Waals surface area contributed by atoms with Crippen LogP contribution in [0.4, 0.5) is 0 Å². The maximum Gasteiger partial charge on any atom is 0.329 e. The molecule has 0 spiro atoms. The fourth-order valence-electron chi connectivity index (χ4n) is 6.52. The molecule has 2 saturated heterocycles. The van der Waals surface area contributed by atoms with Crippen molar-refractivity contribution in [2.45, 2.75) is 129 Å². The Hall–Kier alpha value is -2.42. The Kier molecular flexibility index (Phi) is 12.2. The molecule has 3 aliphatic rings. The Morgan fingerprint density at radius 1 is 0.854 bits per heavy atom. The van der Waals surface area contributed by atoms with Crippen LogP contribution in [0.5, 0.6) is 0 Å². The summed E-state index contributed by atoms with van der Waals surface area (Å²) in [6.07, 6.45) is 11.2. The molecule has 1 unspecified atom stereocenters. The van der Waals surface area contributed by atoms with Crippen molar-refractivity contribution in [3.63, 3.8) is 0 Å². The summed E-state index contributed by atoms with van der Waals surface area (Å²) in [4.78, 5) is 58.9. The molecule has 232 valence electrons. The minimum atomic E-state index is -0.661.